The molecule has 2 aromatic heterocycles. The molecule has 4 rings (SSSR count). The second kappa shape index (κ2) is 9.47. The van der Waals surface area contributed by atoms with Gasteiger partial charge in [-0.1, -0.05) is 24.2 Å². The predicted octanol–water partition coefficient (Wildman–Crippen LogP) is 3.93. The summed E-state index contributed by atoms with van der Waals surface area (Å²) in [6.45, 7) is 4.55. The fraction of sp³-hybridized carbons (Fsp3) is 0.381. The molecule has 1 saturated heterocycles. The number of hydrogen-bond acceptors (Lipinski definition) is 8. The van der Waals surface area contributed by atoms with Crippen LogP contribution in [0.2, 0.25) is 0 Å². The quantitative estimate of drug-likeness (QED) is 0.510. The summed E-state index contributed by atoms with van der Waals surface area (Å²) in [6, 6.07) is 8.07. The minimum absolute atomic E-state index is 0.175. The molecule has 1 N–H and O–H groups in total. The topological polar surface area (TPSA) is 119 Å². The summed E-state index contributed by atoms with van der Waals surface area (Å²) in [5.74, 6) is 0.680. The van der Waals surface area contributed by atoms with Gasteiger partial charge in [-0.15, -0.1) is 10.2 Å². The number of sulfonamides is 1. The van der Waals surface area contributed by atoms with E-state index in [1.54, 1.807) is 38.1 Å². The van der Waals surface area contributed by atoms with Crippen molar-refractivity contribution in [3.63, 3.8) is 0 Å². The summed E-state index contributed by atoms with van der Waals surface area (Å²) in [4.78, 5) is 12.8. The highest BCUT2D eigenvalue weighted by Gasteiger charge is 2.26. The van der Waals surface area contributed by atoms with Crippen molar-refractivity contribution < 1.29 is 22.0 Å². The van der Waals surface area contributed by atoms with Crippen molar-refractivity contribution in [3.05, 3.63) is 42.4 Å². The number of furan rings is 1. The van der Waals surface area contributed by atoms with Crippen LogP contribution in [0.3, 0.4) is 0 Å². The Kier molecular flexibility index (Phi) is 6.68. The van der Waals surface area contributed by atoms with Gasteiger partial charge in [-0.05, 0) is 51.0 Å². The Bertz CT molecular complexity index is 1200. The summed E-state index contributed by atoms with van der Waals surface area (Å²) in [7, 11) is -3.58. The van der Waals surface area contributed by atoms with Crippen LogP contribution in [-0.2, 0) is 14.8 Å². The first kappa shape index (κ1) is 22.6. The minimum atomic E-state index is -3.58. The van der Waals surface area contributed by atoms with Crippen molar-refractivity contribution >= 4 is 33.4 Å². The third-order valence-electron chi connectivity index (χ3n) is 5.20. The fourth-order valence-corrected chi connectivity index (χ4v) is 5.66. The van der Waals surface area contributed by atoms with Gasteiger partial charge in [0.1, 0.15) is 5.76 Å². The van der Waals surface area contributed by atoms with E-state index in [4.69, 9.17) is 8.83 Å². The Hall–Kier alpha value is -2.63. The molecule has 1 amide bonds. The lowest BCUT2D eigenvalue weighted by Gasteiger charge is -2.26. The van der Waals surface area contributed by atoms with Crippen LogP contribution in [0.4, 0.5) is 5.69 Å². The van der Waals surface area contributed by atoms with Gasteiger partial charge in [-0.25, -0.2) is 8.42 Å². The van der Waals surface area contributed by atoms with Gasteiger partial charge in [-0.2, -0.15) is 4.31 Å². The molecule has 1 unspecified atom stereocenters. The first-order valence-corrected chi connectivity index (χ1v) is 12.6. The standard InChI is InChI=1S/C21H24N4O5S2/c1-14-18(9-12-29-14)20-23-24-21(30-20)31-15(2)19(26)22-16-7-6-8-17(13-16)32(27,28)25-10-4-3-5-11-25/h6-9,12-13,15H,3-5,10-11H2,1-2H3,(H,22,26). The molecule has 3 heterocycles. The van der Waals surface area contributed by atoms with E-state index in [1.807, 2.05) is 0 Å². The van der Waals surface area contributed by atoms with Gasteiger partial charge in [0, 0.05) is 18.8 Å². The Labute approximate surface area is 190 Å². The van der Waals surface area contributed by atoms with Crippen molar-refractivity contribution in [1.82, 2.24) is 14.5 Å². The molecule has 0 aliphatic carbocycles. The van der Waals surface area contributed by atoms with Crippen LogP contribution in [0, 0.1) is 6.92 Å². The number of nitrogens with one attached hydrogen (secondary N) is 1. The van der Waals surface area contributed by atoms with E-state index in [2.05, 4.69) is 15.5 Å². The number of nitrogens with zero attached hydrogens (tertiary/aromatic N) is 3. The van der Waals surface area contributed by atoms with Crippen molar-refractivity contribution in [2.75, 3.05) is 18.4 Å². The van der Waals surface area contributed by atoms with Crippen molar-refractivity contribution in [2.24, 2.45) is 0 Å². The molecule has 1 aromatic carbocycles. The second-order valence-corrected chi connectivity index (χ2v) is 10.7. The van der Waals surface area contributed by atoms with E-state index in [0.29, 0.717) is 36.0 Å². The van der Waals surface area contributed by atoms with Crippen LogP contribution in [-0.4, -0.2) is 47.2 Å². The average molecular weight is 477 g/mol. The predicted molar refractivity (Wildman–Crippen MR) is 120 cm³/mol. The maximum absolute atomic E-state index is 12.9. The van der Waals surface area contributed by atoms with Gasteiger partial charge in [0.25, 0.3) is 11.1 Å². The van der Waals surface area contributed by atoms with Crippen molar-refractivity contribution in [2.45, 2.75) is 48.5 Å². The van der Waals surface area contributed by atoms with E-state index in [1.165, 1.54) is 16.6 Å². The summed E-state index contributed by atoms with van der Waals surface area (Å²) in [5, 5.41) is 10.5. The molecule has 11 heteroatoms. The molecule has 1 atom stereocenters. The molecule has 0 spiro atoms. The molecule has 1 aliphatic heterocycles. The van der Waals surface area contributed by atoms with E-state index >= 15 is 0 Å². The molecular formula is C21H24N4O5S2. The van der Waals surface area contributed by atoms with Crippen LogP contribution in [0.1, 0.15) is 31.9 Å². The molecule has 3 aromatic rings. The Morgan fingerprint density at radius 3 is 2.69 bits per heavy atom. The number of piperidine rings is 1. The lowest BCUT2D eigenvalue weighted by atomic mass is 10.2. The largest absolute Gasteiger partial charge is 0.469 e. The highest BCUT2D eigenvalue weighted by Crippen LogP contribution is 2.29. The average Bonchev–Trinajstić information content (AvgIpc) is 3.43. The molecule has 170 valence electrons. The molecule has 1 fully saturated rings. The number of carbonyl (C=O) groups is 1. The summed E-state index contributed by atoms with van der Waals surface area (Å²) < 4.78 is 38.2. The summed E-state index contributed by atoms with van der Waals surface area (Å²) in [6.07, 6.45) is 4.31. The highest BCUT2D eigenvalue weighted by atomic mass is 32.2. The van der Waals surface area contributed by atoms with Crippen LogP contribution in [0.25, 0.3) is 11.5 Å². The highest BCUT2D eigenvalue weighted by molar-refractivity contribution is 8.00. The maximum Gasteiger partial charge on any atom is 0.277 e. The van der Waals surface area contributed by atoms with E-state index < -0.39 is 15.3 Å². The monoisotopic (exact) mass is 476 g/mol. The van der Waals surface area contributed by atoms with Crippen molar-refractivity contribution in [1.29, 1.82) is 0 Å². The number of aromatic nitrogens is 2. The number of rotatable bonds is 7. The zero-order valence-electron chi connectivity index (χ0n) is 17.8. The summed E-state index contributed by atoms with van der Waals surface area (Å²) >= 11 is 1.12. The lowest BCUT2D eigenvalue weighted by Crippen LogP contribution is -2.35. The van der Waals surface area contributed by atoms with Gasteiger partial charge in [0.2, 0.25) is 15.9 Å². The third kappa shape index (κ3) is 4.89. The van der Waals surface area contributed by atoms with Crippen LogP contribution >= 0.6 is 11.8 Å². The van der Waals surface area contributed by atoms with E-state index in [0.717, 1.165) is 31.0 Å². The molecule has 32 heavy (non-hydrogen) atoms. The lowest BCUT2D eigenvalue weighted by molar-refractivity contribution is -0.115. The molecular weight excluding hydrogens is 452 g/mol. The smallest absolute Gasteiger partial charge is 0.277 e. The zero-order valence-corrected chi connectivity index (χ0v) is 19.4. The van der Waals surface area contributed by atoms with Crippen LogP contribution in [0.15, 0.2) is 55.5 Å². The van der Waals surface area contributed by atoms with Gasteiger partial charge in [0.05, 0.1) is 22.0 Å². The van der Waals surface area contributed by atoms with Gasteiger partial charge in [0.15, 0.2) is 0 Å². The van der Waals surface area contributed by atoms with Gasteiger partial charge in [-0.3, -0.25) is 4.79 Å². The number of anilines is 1. The van der Waals surface area contributed by atoms with E-state index in [-0.39, 0.29) is 16.0 Å². The van der Waals surface area contributed by atoms with Crippen LogP contribution in [0.5, 0.6) is 0 Å². The SMILES string of the molecule is Cc1occc1-c1nnc(SC(C)C(=O)Nc2cccc(S(=O)(=O)N3CCCCC3)c2)o1. The second-order valence-electron chi connectivity index (χ2n) is 7.51. The normalized spacial score (nSPS) is 16.1. The van der Waals surface area contributed by atoms with Gasteiger partial charge < -0.3 is 14.2 Å². The third-order valence-corrected chi connectivity index (χ3v) is 8.03. The van der Waals surface area contributed by atoms with E-state index in [9.17, 15) is 13.2 Å². The number of hydrogen-bond donors (Lipinski definition) is 1. The number of amides is 1. The minimum Gasteiger partial charge on any atom is -0.469 e. The Morgan fingerprint density at radius 2 is 1.97 bits per heavy atom. The Balaban J connectivity index is 1.41. The van der Waals surface area contributed by atoms with Crippen LogP contribution < -0.4 is 5.32 Å². The van der Waals surface area contributed by atoms with Gasteiger partial charge >= 0.3 is 0 Å². The molecule has 9 nitrogen and oxygen atoms in total. The maximum atomic E-state index is 12.9. The first-order chi connectivity index (χ1) is 15.3. The fourth-order valence-electron chi connectivity index (χ4n) is 3.41. The number of thioether (sulfide) groups is 1. The molecule has 0 saturated carbocycles. The molecule has 0 radical (unpaired) electrons. The van der Waals surface area contributed by atoms with Crippen molar-refractivity contribution in [3.8, 4) is 11.5 Å². The Morgan fingerprint density at radius 1 is 1.19 bits per heavy atom. The number of benzene rings is 1. The number of carbonyl (C=O) groups excluding carboxylic acids is 1. The zero-order chi connectivity index (χ0) is 22.7. The molecule has 0 bridgehead atoms. The summed E-state index contributed by atoms with van der Waals surface area (Å²) in [5.41, 5.74) is 1.12. The first-order valence-electron chi connectivity index (χ1n) is 10.3. The number of aryl methyl sites for hydroxylation is 1. The molecule has 1 aliphatic rings.